The summed E-state index contributed by atoms with van der Waals surface area (Å²) in [7, 11) is 0. The molecule has 0 aromatic carbocycles. The Balaban J connectivity index is 3.24. The lowest BCUT2D eigenvalue weighted by Gasteiger charge is -2.02. The van der Waals surface area contributed by atoms with Crippen LogP contribution in [-0.4, -0.2) is 16.2 Å². The van der Waals surface area contributed by atoms with Crippen LogP contribution in [0.5, 0.6) is 0 Å². The molecule has 1 aromatic rings. The van der Waals surface area contributed by atoms with Crippen molar-refractivity contribution in [2.75, 3.05) is 12.0 Å². The van der Waals surface area contributed by atoms with Gasteiger partial charge < -0.3 is 5.73 Å². The SMILES string of the molecule is CSc1nc(N)nc(Cl)c1C. The van der Waals surface area contributed by atoms with Crippen LogP contribution in [0.3, 0.4) is 0 Å². The van der Waals surface area contributed by atoms with E-state index in [9.17, 15) is 0 Å². The quantitative estimate of drug-likeness (QED) is 0.540. The number of halogens is 1. The van der Waals surface area contributed by atoms with Crippen LogP contribution in [0, 0.1) is 6.92 Å². The molecule has 60 valence electrons. The van der Waals surface area contributed by atoms with Crippen LogP contribution in [0.25, 0.3) is 0 Å². The topological polar surface area (TPSA) is 51.8 Å². The first kappa shape index (κ1) is 8.62. The van der Waals surface area contributed by atoms with Crippen molar-refractivity contribution in [2.45, 2.75) is 11.9 Å². The molecule has 0 saturated carbocycles. The maximum atomic E-state index is 5.75. The van der Waals surface area contributed by atoms with Gasteiger partial charge in [0.2, 0.25) is 5.95 Å². The third-order valence-electron chi connectivity index (χ3n) is 1.25. The molecule has 3 nitrogen and oxygen atoms in total. The molecule has 2 N–H and O–H groups in total. The summed E-state index contributed by atoms with van der Waals surface area (Å²) in [6.07, 6.45) is 1.92. The number of hydrogen-bond donors (Lipinski definition) is 1. The van der Waals surface area contributed by atoms with Crippen LogP contribution in [0.4, 0.5) is 5.95 Å². The first-order valence-corrected chi connectivity index (χ1v) is 4.59. The van der Waals surface area contributed by atoms with E-state index < -0.39 is 0 Å². The first-order valence-electron chi connectivity index (χ1n) is 2.98. The molecule has 0 aliphatic carbocycles. The normalized spacial score (nSPS) is 10.1. The summed E-state index contributed by atoms with van der Waals surface area (Å²) >= 11 is 7.26. The molecule has 1 heterocycles. The van der Waals surface area contributed by atoms with Gasteiger partial charge >= 0.3 is 0 Å². The summed E-state index contributed by atoms with van der Waals surface area (Å²) in [5.74, 6) is 0.227. The third kappa shape index (κ3) is 1.75. The average molecular weight is 190 g/mol. The highest BCUT2D eigenvalue weighted by molar-refractivity contribution is 7.98. The van der Waals surface area contributed by atoms with E-state index in [1.165, 1.54) is 11.8 Å². The van der Waals surface area contributed by atoms with Crippen molar-refractivity contribution in [3.8, 4) is 0 Å². The molecule has 0 unspecified atom stereocenters. The predicted octanol–water partition coefficient (Wildman–Crippen LogP) is 1.74. The molecule has 0 spiro atoms. The van der Waals surface area contributed by atoms with Crippen LogP contribution >= 0.6 is 23.4 Å². The molecule has 5 heteroatoms. The number of aromatic nitrogens is 2. The molecule has 1 aromatic heterocycles. The molecule has 0 atom stereocenters. The summed E-state index contributed by atoms with van der Waals surface area (Å²) in [5.41, 5.74) is 6.27. The van der Waals surface area contributed by atoms with Crippen LogP contribution in [0.1, 0.15) is 5.56 Å². The number of nitrogens with two attached hydrogens (primary N) is 1. The van der Waals surface area contributed by atoms with Gasteiger partial charge in [-0.25, -0.2) is 9.97 Å². The lowest BCUT2D eigenvalue weighted by Crippen LogP contribution is -1.98. The van der Waals surface area contributed by atoms with Gasteiger partial charge in [0.1, 0.15) is 10.2 Å². The van der Waals surface area contributed by atoms with Crippen molar-refractivity contribution in [2.24, 2.45) is 0 Å². The van der Waals surface area contributed by atoms with E-state index in [2.05, 4.69) is 9.97 Å². The second kappa shape index (κ2) is 3.28. The van der Waals surface area contributed by atoms with E-state index in [1.54, 1.807) is 0 Å². The Morgan fingerprint density at radius 3 is 2.64 bits per heavy atom. The van der Waals surface area contributed by atoms with Gasteiger partial charge in [0.25, 0.3) is 0 Å². The monoisotopic (exact) mass is 189 g/mol. The zero-order valence-corrected chi connectivity index (χ0v) is 7.83. The molecule has 0 aliphatic rings. The highest BCUT2D eigenvalue weighted by Gasteiger charge is 2.05. The first-order chi connectivity index (χ1) is 5.15. The van der Waals surface area contributed by atoms with Gasteiger partial charge in [-0.2, -0.15) is 0 Å². The van der Waals surface area contributed by atoms with Gasteiger partial charge in [-0.3, -0.25) is 0 Å². The fourth-order valence-electron chi connectivity index (χ4n) is 0.684. The highest BCUT2D eigenvalue weighted by Crippen LogP contribution is 2.22. The van der Waals surface area contributed by atoms with Crippen molar-refractivity contribution in [1.82, 2.24) is 9.97 Å². The van der Waals surface area contributed by atoms with Gasteiger partial charge in [-0.1, -0.05) is 11.6 Å². The molecule has 0 bridgehead atoms. The van der Waals surface area contributed by atoms with Gasteiger partial charge in [0.05, 0.1) is 0 Å². The minimum atomic E-state index is 0.227. The summed E-state index contributed by atoms with van der Waals surface area (Å²) < 4.78 is 0. The zero-order valence-electron chi connectivity index (χ0n) is 6.26. The van der Waals surface area contributed by atoms with E-state index in [0.717, 1.165) is 10.6 Å². The van der Waals surface area contributed by atoms with Crippen LogP contribution < -0.4 is 5.73 Å². The molecular formula is C6H8ClN3S. The Bertz CT molecular complexity index is 277. The Morgan fingerprint density at radius 2 is 2.09 bits per heavy atom. The van der Waals surface area contributed by atoms with Gasteiger partial charge in [-0.15, -0.1) is 11.8 Å². The average Bonchev–Trinajstić information content (AvgIpc) is 1.96. The lowest BCUT2D eigenvalue weighted by molar-refractivity contribution is 1.02. The number of rotatable bonds is 1. The summed E-state index contributed by atoms with van der Waals surface area (Å²) in [6, 6.07) is 0. The third-order valence-corrected chi connectivity index (χ3v) is 2.40. The summed E-state index contributed by atoms with van der Waals surface area (Å²) in [4.78, 5) is 7.80. The van der Waals surface area contributed by atoms with E-state index in [-0.39, 0.29) is 5.95 Å². The molecule has 0 amide bonds. The summed E-state index contributed by atoms with van der Waals surface area (Å²) in [6.45, 7) is 1.87. The minimum Gasteiger partial charge on any atom is -0.368 e. The highest BCUT2D eigenvalue weighted by atomic mass is 35.5. The number of hydrogen-bond acceptors (Lipinski definition) is 4. The molecule has 0 aliphatic heterocycles. The largest absolute Gasteiger partial charge is 0.368 e. The molecule has 0 radical (unpaired) electrons. The van der Waals surface area contributed by atoms with E-state index in [0.29, 0.717) is 5.15 Å². The number of anilines is 1. The number of thioether (sulfide) groups is 1. The van der Waals surface area contributed by atoms with Crippen LogP contribution in [0.15, 0.2) is 5.03 Å². The van der Waals surface area contributed by atoms with Gasteiger partial charge in [0.15, 0.2) is 0 Å². The maximum absolute atomic E-state index is 5.75. The van der Waals surface area contributed by atoms with Crippen molar-refractivity contribution in [1.29, 1.82) is 0 Å². The predicted molar refractivity (Wildman–Crippen MR) is 48.0 cm³/mol. The van der Waals surface area contributed by atoms with Crippen LogP contribution in [-0.2, 0) is 0 Å². The zero-order chi connectivity index (χ0) is 8.43. The Kier molecular flexibility index (Phi) is 2.57. The van der Waals surface area contributed by atoms with E-state index in [4.69, 9.17) is 17.3 Å². The molecular weight excluding hydrogens is 182 g/mol. The standard InChI is InChI=1S/C6H8ClN3S/c1-3-4(7)9-6(8)10-5(3)11-2/h1-2H3,(H2,8,9,10). The summed E-state index contributed by atoms with van der Waals surface area (Å²) in [5, 5.41) is 1.27. The minimum absolute atomic E-state index is 0.227. The molecule has 0 saturated heterocycles. The van der Waals surface area contributed by atoms with E-state index in [1.807, 2.05) is 13.2 Å². The fraction of sp³-hybridized carbons (Fsp3) is 0.333. The second-order valence-corrected chi connectivity index (χ2v) is 3.16. The Morgan fingerprint density at radius 1 is 1.45 bits per heavy atom. The fourth-order valence-corrected chi connectivity index (χ4v) is 1.50. The second-order valence-electron chi connectivity index (χ2n) is 2.01. The Labute approximate surface area is 74.4 Å². The maximum Gasteiger partial charge on any atom is 0.222 e. The van der Waals surface area contributed by atoms with Crippen molar-refractivity contribution in [3.05, 3.63) is 10.7 Å². The molecule has 0 fully saturated rings. The van der Waals surface area contributed by atoms with Crippen molar-refractivity contribution >= 4 is 29.3 Å². The number of nitrogen functional groups attached to an aromatic ring is 1. The van der Waals surface area contributed by atoms with Gasteiger partial charge in [0, 0.05) is 5.56 Å². The van der Waals surface area contributed by atoms with E-state index >= 15 is 0 Å². The number of nitrogens with zero attached hydrogens (tertiary/aromatic N) is 2. The van der Waals surface area contributed by atoms with Gasteiger partial charge in [-0.05, 0) is 13.2 Å². The van der Waals surface area contributed by atoms with Crippen molar-refractivity contribution < 1.29 is 0 Å². The molecule has 1 rings (SSSR count). The lowest BCUT2D eigenvalue weighted by atomic mass is 10.4. The Hall–Kier alpha value is -0.480. The molecule has 11 heavy (non-hydrogen) atoms. The van der Waals surface area contributed by atoms with Crippen LogP contribution in [0.2, 0.25) is 5.15 Å². The van der Waals surface area contributed by atoms with Crippen molar-refractivity contribution in [3.63, 3.8) is 0 Å². The smallest absolute Gasteiger partial charge is 0.222 e.